The van der Waals surface area contributed by atoms with Gasteiger partial charge in [0.05, 0.1) is 0 Å². The molecule has 0 spiro atoms. The number of anilines is 2. The Hall–Kier alpha value is -2.82. The number of hydrogen-bond acceptors (Lipinski definition) is 2. The molecule has 28 heavy (non-hydrogen) atoms. The molecule has 11 heteroatoms. The fourth-order valence-electron chi connectivity index (χ4n) is 2.27. The molecule has 2 aromatic carbocycles. The summed E-state index contributed by atoms with van der Waals surface area (Å²) >= 11 is 0. The maximum Gasteiger partial charge on any atom is 0.430 e. The van der Waals surface area contributed by atoms with Gasteiger partial charge in [0.25, 0.3) is 5.60 Å². The van der Waals surface area contributed by atoms with Gasteiger partial charge in [-0.3, -0.25) is 4.90 Å². The third-order valence-electron chi connectivity index (χ3n) is 3.89. The highest BCUT2D eigenvalue weighted by atomic mass is 19.4. The Morgan fingerprint density at radius 2 is 1.36 bits per heavy atom. The largest absolute Gasteiger partial charge is 0.430 e. The van der Waals surface area contributed by atoms with Gasteiger partial charge in [-0.05, 0) is 36.4 Å². The Kier molecular flexibility index (Phi) is 5.60. The van der Waals surface area contributed by atoms with E-state index in [-0.39, 0.29) is 11.4 Å². The van der Waals surface area contributed by atoms with Crippen LogP contribution in [0.4, 0.5) is 46.9 Å². The predicted octanol–water partition coefficient (Wildman–Crippen LogP) is 4.81. The Labute approximate surface area is 154 Å². The fourth-order valence-corrected chi connectivity index (χ4v) is 2.27. The van der Waals surface area contributed by atoms with Crippen molar-refractivity contribution in [2.75, 3.05) is 17.3 Å². The van der Waals surface area contributed by atoms with Crippen LogP contribution in [0.5, 0.6) is 0 Å². The van der Waals surface area contributed by atoms with Crippen molar-refractivity contribution in [2.24, 2.45) is 0 Å². The second kappa shape index (κ2) is 7.30. The van der Waals surface area contributed by atoms with Crippen LogP contribution < -0.4 is 10.2 Å². The lowest BCUT2D eigenvalue weighted by atomic mass is 9.92. The van der Waals surface area contributed by atoms with E-state index in [1.807, 2.05) is 0 Å². The Balaban J connectivity index is 2.25. The number of halogens is 7. The molecule has 0 aliphatic heterocycles. The Morgan fingerprint density at radius 1 is 0.893 bits per heavy atom. The molecule has 0 saturated carbocycles. The van der Waals surface area contributed by atoms with E-state index in [0.29, 0.717) is 12.1 Å². The third kappa shape index (κ3) is 4.03. The van der Waals surface area contributed by atoms with Gasteiger partial charge < -0.3 is 10.4 Å². The second-order valence-corrected chi connectivity index (χ2v) is 5.75. The smallest absolute Gasteiger partial charge is 0.369 e. The number of hydrogen-bond donors (Lipinski definition) is 2. The highest BCUT2D eigenvalue weighted by Crippen LogP contribution is 2.50. The van der Waals surface area contributed by atoms with Crippen molar-refractivity contribution in [1.82, 2.24) is 0 Å². The van der Waals surface area contributed by atoms with E-state index in [9.17, 15) is 40.6 Å². The molecule has 0 heterocycles. The molecule has 2 rings (SSSR count). The molecule has 2 aromatic rings. The quantitative estimate of drug-likeness (QED) is 0.714. The standard InChI is InChI=1S/C17H13F7N2O2/c1-26(14(27)25-12-6-4-11(18)5-7-12)13-8-2-10(3-9-13)15(28,16(19,20)21)17(22,23)24/h2-9,28H,1H3,(H,25,27). The van der Waals surface area contributed by atoms with Crippen LogP contribution in [0.3, 0.4) is 0 Å². The minimum absolute atomic E-state index is 0.0462. The van der Waals surface area contributed by atoms with Crippen molar-refractivity contribution in [3.05, 3.63) is 59.9 Å². The molecular formula is C17H13F7N2O2. The first-order valence-corrected chi connectivity index (χ1v) is 7.54. The normalized spacial score (nSPS) is 12.6. The molecule has 0 radical (unpaired) electrons. The number of carbonyl (C=O) groups is 1. The molecular weight excluding hydrogens is 397 g/mol. The van der Waals surface area contributed by atoms with Gasteiger partial charge in [-0.15, -0.1) is 0 Å². The molecule has 0 atom stereocenters. The van der Waals surface area contributed by atoms with Gasteiger partial charge in [-0.2, -0.15) is 26.3 Å². The summed E-state index contributed by atoms with van der Waals surface area (Å²) in [6.45, 7) is 0. The maximum atomic E-state index is 12.9. The van der Waals surface area contributed by atoms with E-state index < -0.39 is 35.4 Å². The van der Waals surface area contributed by atoms with E-state index in [4.69, 9.17) is 0 Å². The van der Waals surface area contributed by atoms with Gasteiger partial charge >= 0.3 is 18.4 Å². The number of nitrogens with zero attached hydrogens (tertiary/aromatic N) is 1. The van der Waals surface area contributed by atoms with Crippen molar-refractivity contribution >= 4 is 17.4 Å². The van der Waals surface area contributed by atoms with Crippen molar-refractivity contribution in [3.63, 3.8) is 0 Å². The summed E-state index contributed by atoms with van der Waals surface area (Å²) in [4.78, 5) is 13.0. The van der Waals surface area contributed by atoms with Gasteiger partial charge in [-0.25, -0.2) is 9.18 Å². The van der Waals surface area contributed by atoms with E-state index in [1.165, 1.54) is 19.2 Å². The first-order chi connectivity index (χ1) is 12.8. The van der Waals surface area contributed by atoms with Crippen molar-refractivity contribution in [2.45, 2.75) is 18.0 Å². The van der Waals surface area contributed by atoms with E-state index >= 15 is 0 Å². The first-order valence-electron chi connectivity index (χ1n) is 7.54. The van der Waals surface area contributed by atoms with Crippen LogP contribution >= 0.6 is 0 Å². The number of aliphatic hydroxyl groups is 1. The van der Waals surface area contributed by atoms with E-state index in [2.05, 4.69) is 5.32 Å². The SMILES string of the molecule is CN(C(=O)Nc1ccc(F)cc1)c1ccc(C(O)(C(F)(F)F)C(F)(F)F)cc1. The molecule has 2 N–H and O–H groups in total. The second-order valence-electron chi connectivity index (χ2n) is 5.75. The molecule has 0 aliphatic carbocycles. The lowest BCUT2D eigenvalue weighted by molar-refractivity contribution is -0.376. The van der Waals surface area contributed by atoms with Gasteiger partial charge in [-0.1, -0.05) is 12.1 Å². The predicted molar refractivity (Wildman–Crippen MR) is 86.3 cm³/mol. The van der Waals surface area contributed by atoms with Crippen LogP contribution in [0.15, 0.2) is 48.5 Å². The average molecular weight is 410 g/mol. The zero-order valence-corrected chi connectivity index (χ0v) is 14.1. The minimum atomic E-state index is -6.00. The summed E-state index contributed by atoms with van der Waals surface area (Å²) in [5, 5.41) is 11.7. The number of nitrogens with one attached hydrogen (secondary N) is 1. The van der Waals surface area contributed by atoms with Crippen molar-refractivity contribution < 1.29 is 40.6 Å². The Bertz CT molecular complexity index is 817. The topological polar surface area (TPSA) is 52.6 Å². The number of urea groups is 1. The lowest BCUT2D eigenvalue weighted by Crippen LogP contribution is -2.53. The van der Waals surface area contributed by atoms with Crippen LogP contribution in [0.2, 0.25) is 0 Å². The number of amides is 2. The lowest BCUT2D eigenvalue weighted by Gasteiger charge is -2.32. The summed E-state index contributed by atoms with van der Waals surface area (Å²) in [7, 11) is 1.22. The van der Waals surface area contributed by atoms with Crippen LogP contribution in [0, 0.1) is 5.82 Å². The maximum absolute atomic E-state index is 12.9. The van der Waals surface area contributed by atoms with Crippen LogP contribution in [-0.4, -0.2) is 30.5 Å². The summed E-state index contributed by atoms with van der Waals surface area (Å²) in [6, 6.07) is 6.41. The molecule has 0 saturated heterocycles. The zero-order chi connectivity index (χ0) is 21.3. The van der Waals surface area contributed by atoms with E-state index in [1.54, 1.807) is 0 Å². The highest BCUT2D eigenvalue weighted by Gasteiger charge is 2.71. The number of rotatable bonds is 3. The number of alkyl halides is 6. The van der Waals surface area contributed by atoms with Gasteiger partial charge in [0.2, 0.25) is 0 Å². The Morgan fingerprint density at radius 3 is 1.79 bits per heavy atom. The van der Waals surface area contributed by atoms with Crippen LogP contribution in [0.25, 0.3) is 0 Å². The molecule has 0 unspecified atom stereocenters. The van der Waals surface area contributed by atoms with Gasteiger partial charge in [0, 0.05) is 24.0 Å². The fraction of sp³-hybridized carbons (Fsp3) is 0.235. The van der Waals surface area contributed by atoms with E-state index in [0.717, 1.165) is 29.2 Å². The number of benzene rings is 2. The van der Waals surface area contributed by atoms with Crippen molar-refractivity contribution in [3.8, 4) is 0 Å². The summed E-state index contributed by atoms with van der Waals surface area (Å²) in [5.41, 5.74) is -6.31. The average Bonchev–Trinajstić information content (AvgIpc) is 2.60. The zero-order valence-electron chi connectivity index (χ0n) is 14.1. The highest BCUT2D eigenvalue weighted by molar-refractivity contribution is 6.01. The summed E-state index contributed by atoms with van der Waals surface area (Å²) in [5.74, 6) is -0.538. The molecule has 4 nitrogen and oxygen atoms in total. The van der Waals surface area contributed by atoms with Gasteiger partial charge in [0.15, 0.2) is 0 Å². The molecule has 152 valence electrons. The molecule has 0 aromatic heterocycles. The molecule has 2 amide bonds. The minimum Gasteiger partial charge on any atom is -0.369 e. The number of carbonyl (C=O) groups excluding carboxylic acids is 1. The summed E-state index contributed by atoms with van der Waals surface area (Å²) in [6.07, 6.45) is -12.0. The van der Waals surface area contributed by atoms with Gasteiger partial charge in [0.1, 0.15) is 5.82 Å². The van der Waals surface area contributed by atoms with Crippen LogP contribution in [-0.2, 0) is 5.60 Å². The third-order valence-corrected chi connectivity index (χ3v) is 3.89. The summed E-state index contributed by atoms with van der Waals surface area (Å²) < 4.78 is 90.1. The van der Waals surface area contributed by atoms with Crippen molar-refractivity contribution in [1.29, 1.82) is 0 Å². The monoisotopic (exact) mass is 410 g/mol. The first kappa shape index (κ1) is 21.5. The molecule has 0 bridgehead atoms. The molecule has 0 fully saturated rings. The molecule has 0 aliphatic rings. The van der Waals surface area contributed by atoms with Crippen LogP contribution in [0.1, 0.15) is 5.56 Å².